The van der Waals surface area contributed by atoms with Gasteiger partial charge in [0.15, 0.2) is 10.8 Å². The quantitative estimate of drug-likeness (QED) is 0.179. The van der Waals surface area contributed by atoms with E-state index in [1.807, 2.05) is 6.92 Å². The molecule has 2 fully saturated rings. The highest BCUT2D eigenvalue weighted by molar-refractivity contribution is 8.03. The Morgan fingerprint density at radius 3 is 2.71 bits per heavy atom. The third-order valence-corrected chi connectivity index (χ3v) is 9.16. The van der Waals surface area contributed by atoms with Crippen molar-refractivity contribution in [2.24, 2.45) is 17.0 Å². The molecule has 2 saturated heterocycles. The van der Waals surface area contributed by atoms with Crippen molar-refractivity contribution in [3.05, 3.63) is 21.7 Å². The molecular formula is C23H31N7O6S2. The summed E-state index contributed by atoms with van der Waals surface area (Å²) in [6, 6.07) is -1.37. The van der Waals surface area contributed by atoms with Crippen LogP contribution in [-0.2, 0) is 24.0 Å². The molecule has 0 bridgehead atoms. The topological polar surface area (TPSA) is 180 Å². The van der Waals surface area contributed by atoms with Gasteiger partial charge in [-0.1, -0.05) is 12.1 Å². The molecule has 3 aliphatic rings. The zero-order valence-corrected chi connectivity index (χ0v) is 23.3. The third-order valence-electron chi connectivity index (χ3n) is 6.97. The van der Waals surface area contributed by atoms with Crippen LogP contribution in [0.1, 0.15) is 26.0 Å². The third kappa shape index (κ3) is 4.97. The Balaban J connectivity index is 1.48. The van der Waals surface area contributed by atoms with Crippen molar-refractivity contribution in [1.29, 1.82) is 0 Å². The lowest BCUT2D eigenvalue weighted by atomic mass is 9.78. The summed E-state index contributed by atoms with van der Waals surface area (Å²) in [4.78, 5) is 63.2. The van der Waals surface area contributed by atoms with Gasteiger partial charge in [-0.3, -0.25) is 14.4 Å². The number of thioether (sulfide) groups is 1. The first-order valence-electron chi connectivity index (χ1n) is 12.0. The summed E-state index contributed by atoms with van der Waals surface area (Å²) < 4.78 is 0. The van der Waals surface area contributed by atoms with Crippen molar-refractivity contribution >= 4 is 57.6 Å². The minimum Gasteiger partial charge on any atom is -0.477 e. The number of nitrogens with two attached hydrogens (primary N) is 1. The fourth-order valence-corrected chi connectivity index (χ4v) is 7.25. The Hall–Kier alpha value is -3.17. The highest BCUT2D eigenvalue weighted by Gasteiger charge is 2.60. The molecule has 1 aromatic rings. The first kappa shape index (κ1) is 27.9. The number of anilines is 1. The maximum absolute atomic E-state index is 13.2. The number of carbonyl (C=O) groups is 4. The van der Waals surface area contributed by atoms with Gasteiger partial charge < -0.3 is 36.1 Å². The van der Waals surface area contributed by atoms with Crippen molar-refractivity contribution in [3.8, 4) is 0 Å². The molecule has 1 aromatic heterocycles. The number of nitrogens with zero attached hydrogens (tertiary/aromatic N) is 4. The van der Waals surface area contributed by atoms with Gasteiger partial charge in [0.2, 0.25) is 11.8 Å². The number of hydrogen-bond acceptors (Lipinski definition) is 11. The number of thiazole rings is 1. The second kappa shape index (κ2) is 10.9. The van der Waals surface area contributed by atoms with Crippen LogP contribution >= 0.6 is 23.1 Å². The highest BCUT2D eigenvalue weighted by atomic mass is 32.2. The monoisotopic (exact) mass is 565 g/mol. The SMILES string of the molecule is CO/N=C(\C(=O)N[C@H](C)[C@H]1C(=O)N2C(C(=O)O)=C(S[C@@H]3CN[C@H](C(=O)N(C)C)C3)[C@H](C)[C@H]12)c1csc(N)n1. The standard InChI is InChI=1S/C23H31N7O6S2/c1-9-16-14(10(2)26-19(31)15(28-36-5)13-8-37-23(24)27-13)21(33)30(16)17(22(34)35)18(9)38-11-6-12(25-7-11)20(32)29(3)4/h8-12,14,16,25H,6-7H2,1-5H3,(H2,24,27)(H,26,31)(H,34,35)/b28-15-/t9-,10-,11+,12+,14-,16-/m1/s1. The largest absolute Gasteiger partial charge is 0.477 e. The van der Waals surface area contributed by atoms with Gasteiger partial charge in [0.25, 0.3) is 5.91 Å². The summed E-state index contributed by atoms with van der Waals surface area (Å²) in [5, 5.41) is 21.6. The van der Waals surface area contributed by atoms with E-state index in [1.54, 1.807) is 26.4 Å². The zero-order chi connectivity index (χ0) is 27.9. The number of carbonyl (C=O) groups excluding carboxylic acids is 3. The van der Waals surface area contributed by atoms with Crippen molar-refractivity contribution < 1.29 is 29.1 Å². The first-order chi connectivity index (χ1) is 18.0. The number of aromatic nitrogens is 1. The molecule has 13 nitrogen and oxygen atoms in total. The van der Waals surface area contributed by atoms with E-state index in [4.69, 9.17) is 10.6 Å². The van der Waals surface area contributed by atoms with E-state index in [-0.39, 0.29) is 51.3 Å². The fraction of sp³-hybridized carbons (Fsp3) is 0.565. The number of rotatable bonds is 9. The number of likely N-dealkylation sites (N-methyl/N-ethyl adjacent to an activating group) is 1. The van der Waals surface area contributed by atoms with E-state index < -0.39 is 29.9 Å². The molecule has 0 saturated carbocycles. The Morgan fingerprint density at radius 1 is 1.42 bits per heavy atom. The van der Waals surface area contributed by atoms with E-state index in [0.29, 0.717) is 17.9 Å². The number of nitrogens with one attached hydrogen (secondary N) is 2. The molecule has 206 valence electrons. The second-order valence-electron chi connectivity index (χ2n) is 9.66. The van der Waals surface area contributed by atoms with Crippen molar-refractivity contribution in [2.45, 2.75) is 43.6 Å². The Labute approximate surface area is 227 Å². The summed E-state index contributed by atoms with van der Waals surface area (Å²) in [6.45, 7) is 4.15. The molecule has 6 atom stereocenters. The summed E-state index contributed by atoms with van der Waals surface area (Å²) >= 11 is 2.56. The van der Waals surface area contributed by atoms with Crippen molar-refractivity contribution in [3.63, 3.8) is 0 Å². The normalized spacial score (nSPS) is 27.6. The maximum Gasteiger partial charge on any atom is 0.353 e. The van der Waals surface area contributed by atoms with Crippen LogP contribution in [-0.4, -0.2) is 100 Å². The lowest BCUT2D eigenvalue weighted by Gasteiger charge is -2.47. The van der Waals surface area contributed by atoms with Gasteiger partial charge >= 0.3 is 5.97 Å². The molecule has 4 heterocycles. The average Bonchev–Trinajstić information content (AvgIpc) is 3.55. The van der Waals surface area contributed by atoms with Crippen LogP contribution in [0.2, 0.25) is 0 Å². The molecule has 0 spiro atoms. The number of nitrogen functional groups attached to an aromatic ring is 1. The summed E-state index contributed by atoms with van der Waals surface area (Å²) in [6.07, 6.45) is 0.558. The fourth-order valence-electron chi connectivity index (χ4n) is 5.23. The number of β-lactam (4-membered cyclic amide) rings is 1. The Morgan fingerprint density at radius 2 is 2.13 bits per heavy atom. The minimum absolute atomic E-state index is 0.0153. The molecule has 4 rings (SSSR count). The predicted molar refractivity (Wildman–Crippen MR) is 142 cm³/mol. The molecule has 15 heteroatoms. The number of carboxylic acids is 1. The molecule has 0 unspecified atom stereocenters. The maximum atomic E-state index is 13.2. The average molecular weight is 566 g/mol. The van der Waals surface area contributed by atoms with E-state index >= 15 is 0 Å². The molecule has 0 radical (unpaired) electrons. The van der Waals surface area contributed by atoms with Crippen molar-refractivity contribution in [1.82, 2.24) is 25.4 Å². The molecule has 5 N–H and O–H groups in total. The van der Waals surface area contributed by atoms with Gasteiger partial charge in [0.1, 0.15) is 18.5 Å². The van der Waals surface area contributed by atoms with E-state index in [0.717, 1.165) is 11.3 Å². The van der Waals surface area contributed by atoms with E-state index in [1.165, 1.54) is 28.7 Å². The molecule has 0 aromatic carbocycles. The van der Waals surface area contributed by atoms with Gasteiger partial charge in [0.05, 0.1) is 18.0 Å². The van der Waals surface area contributed by atoms with Crippen LogP contribution in [0.4, 0.5) is 5.13 Å². The minimum atomic E-state index is -1.17. The molecule has 3 aliphatic heterocycles. The molecule has 0 aliphatic carbocycles. The van der Waals surface area contributed by atoms with Gasteiger partial charge in [-0.25, -0.2) is 9.78 Å². The Kier molecular flexibility index (Phi) is 7.99. The van der Waals surface area contributed by atoms with Crippen LogP contribution in [0.15, 0.2) is 21.1 Å². The smallest absolute Gasteiger partial charge is 0.353 e. The molecule has 3 amide bonds. The summed E-state index contributed by atoms with van der Waals surface area (Å²) in [7, 11) is 4.69. The van der Waals surface area contributed by atoms with Gasteiger partial charge in [0, 0.05) is 48.1 Å². The number of aliphatic carboxylic acids is 1. The van der Waals surface area contributed by atoms with Gasteiger partial charge in [-0.05, 0) is 13.3 Å². The van der Waals surface area contributed by atoms with Crippen LogP contribution in [0.5, 0.6) is 0 Å². The summed E-state index contributed by atoms with van der Waals surface area (Å²) in [5.41, 5.74) is 5.83. The van der Waals surface area contributed by atoms with Crippen LogP contribution in [0.25, 0.3) is 0 Å². The van der Waals surface area contributed by atoms with Gasteiger partial charge in [-0.15, -0.1) is 23.1 Å². The van der Waals surface area contributed by atoms with E-state index in [2.05, 4.69) is 20.8 Å². The Bertz CT molecular complexity index is 1210. The predicted octanol–water partition coefficient (Wildman–Crippen LogP) is -0.0947. The number of hydrogen-bond donors (Lipinski definition) is 4. The van der Waals surface area contributed by atoms with Crippen LogP contribution in [0, 0.1) is 11.8 Å². The lowest BCUT2D eigenvalue weighted by Crippen LogP contribution is -2.66. The molecule has 38 heavy (non-hydrogen) atoms. The first-order valence-corrected chi connectivity index (χ1v) is 13.8. The number of oxime groups is 1. The zero-order valence-electron chi connectivity index (χ0n) is 21.6. The van der Waals surface area contributed by atoms with Crippen molar-refractivity contribution in [2.75, 3.05) is 33.5 Å². The number of carboxylic acid groups (broad SMARTS) is 1. The lowest BCUT2D eigenvalue weighted by molar-refractivity contribution is -0.158. The van der Waals surface area contributed by atoms with Crippen LogP contribution in [0.3, 0.4) is 0 Å². The number of fused-ring (bicyclic) bond motifs is 1. The van der Waals surface area contributed by atoms with E-state index in [9.17, 15) is 24.3 Å². The second-order valence-corrected chi connectivity index (χ2v) is 11.9. The number of amides is 3. The molecular weight excluding hydrogens is 534 g/mol. The summed E-state index contributed by atoms with van der Waals surface area (Å²) in [5.74, 6) is -3.04. The van der Waals surface area contributed by atoms with Crippen LogP contribution < -0.4 is 16.4 Å². The van der Waals surface area contributed by atoms with Gasteiger partial charge in [-0.2, -0.15) is 0 Å². The highest BCUT2D eigenvalue weighted by Crippen LogP contribution is 2.51.